The topological polar surface area (TPSA) is 33.2 Å². The van der Waals surface area contributed by atoms with E-state index in [9.17, 15) is 9.18 Å². The Bertz CT molecular complexity index is 918. The van der Waals surface area contributed by atoms with Gasteiger partial charge in [0.2, 0.25) is 0 Å². The molecule has 4 heteroatoms. The fourth-order valence-electron chi connectivity index (χ4n) is 3.77. The number of hydrogen-bond acceptors (Lipinski definition) is 2. The molecular weight excluding hydrogens is 327 g/mol. The Hall–Kier alpha value is -2.75. The molecule has 0 N–H and O–H groups in total. The van der Waals surface area contributed by atoms with Crippen LogP contribution < -0.4 is 0 Å². The Labute approximate surface area is 152 Å². The fraction of sp³-hybridized carbons (Fsp3) is 0.273. The van der Waals surface area contributed by atoms with Crippen molar-refractivity contribution in [3.05, 3.63) is 77.9 Å². The summed E-state index contributed by atoms with van der Waals surface area (Å²) in [4.78, 5) is 19.5. The van der Waals surface area contributed by atoms with E-state index in [1.807, 2.05) is 47.4 Å². The Morgan fingerprint density at radius 3 is 2.69 bits per heavy atom. The van der Waals surface area contributed by atoms with Crippen molar-refractivity contribution in [3.8, 4) is 0 Å². The van der Waals surface area contributed by atoms with Gasteiger partial charge in [0.25, 0.3) is 5.91 Å². The monoisotopic (exact) mass is 348 g/mol. The number of hydrogen-bond donors (Lipinski definition) is 0. The van der Waals surface area contributed by atoms with Crippen LogP contribution in [0.15, 0.2) is 60.8 Å². The average Bonchev–Trinajstić information content (AvgIpc) is 2.94. The van der Waals surface area contributed by atoms with Gasteiger partial charge >= 0.3 is 0 Å². The molecule has 1 unspecified atom stereocenters. The molecule has 0 bridgehead atoms. The lowest BCUT2D eigenvalue weighted by Crippen LogP contribution is -2.34. The van der Waals surface area contributed by atoms with Crippen molar-refractivity contribution in [3.63, 3.8) is 0 Å². The second-order valence-corrected chi connectivity index (χ2v) is 6.88. The second kappa shape index (κ2) is 7.24. The zero-order valence-corrected chi connectivity index (χ0v) is 14.6. The highest BCUT2D eigenvalue weighted by atomic mass is 19.1. The number of fused-ring (bicyclic) bond motifs is 1. The van der Waals surface area contributed by atoms with Crippen LogP contribution in [0.3, 0.4) is 0 Å². The molecule has 1 atom stereocenters. The third-order valence-electron chi connectivity index (χ3n) is 5.18. The summed E-state index contributed by atoms with van der Waals surface area (Å²) in [5.74, 6) is -0.0110. The van der Waals surface area contributed by atoms with Crippen molar-refractivity contribution >= 4 is 16.7 Å². The maximum Gasteiger partial charge on any atom is 0.273 e. The van der Waals surface area contributed by atoms with Gasteiger partial charge in [-0.05, 0) is 42.0 Å². The molecule has 0 spiro atoms. The molecule has 1 saturated heterocycles. The van der Waals surface area contributed by atoms with Gasteiger partial charge in [0.05, 0.1) is 0 Å². The first-order chi connectivity index (χ1) is 12.7. The van der Waals surface area contributed by atoms with Gasteiger partial charge in [0.1, 0.15) is 11.5 Å². The van der Waals surface area contributed by atoms with Crippen LogP contribution in [-0.4, -0.2) is 28.9 Å². The van der Waals surface area contributed by atoms with E-state index in [0.717, 1.165) is 42.1 Å². The first-order valence-corrected chi connectivity index (χ1v) is 9.11. The summed E-state index contributed by atoms with van der Waals surface area (Å²) < 4.78 is 13.2. The van der Waals surface area contributed by atoms with Crippen LogP contribution in [0.5, 0.6) is 0 Å². The molecule has 2 heterocycles. The molecular formula is C22H21FN2O. The van der Waals surface area contributed by atoms with E-state index < -0.39 is 0 Å². The number of likely N-dealkylation sites (tertiary alicyclic amines) is 1. The molecule has 1 aliphatic heterocycles. The van der Waals surface area contributed by atoms with E-state index in [-0.39, 0.29) is 17.6 Å². The molecule has 132 valence electrons. The summed E-state index contributed by atoms with van der Waals surface area (Å²) in [6.45, 7) is 1.39. The highest BCUT2D eigenvalue weighted by molar-refractivity contribution is 6.05. The van der Waals surface area contributed by atoms with Gasteiger partial charge in [0, 0.05) is 30.6 Å². The molecule has 4 rings (SSSR count). The molecule has 1 aromatic heterocycles. The normalized spacial score (nSPS) is 17.9. The fourth-order valence-corrected chi connectivity index (χ4v) is 3.77. The maximum atomic E-state index is 13.2. The van der Waals surface area contributed by atoms with Gasteiger partial charge in [-0.15, -0.1) is 0 Å². The predicted molar refractivity (Wildman–Crippen MR) is 101 cm³/mol. The van der Waals surface area contributed by atoms with E-state index in [2.05, 4.69) is 4.98 Å². The number of benzene rings is 2. The van der Waals surface area contributed by atoms with Crippen LogP contribution in [0, 0.1) is 5.82 Å². The van der Waals surface area contributed by atoms with Crippen LogP contribution in [0.2, 0.25) is 0 Å². The number of pyridine rings is 1. The van der Waals surface area contributed by atoms with E-state index in [1.165, 1.54) is 12.1 Å². The number of aromatic nitrogens is 1. The quantitative estimate of drug-likeness (QED) is 0.667. The summed E-state index contributed by atoms with van der Waals surface area (Å²) in [5.41, 5.74) is 1.61. The molecule has 0 saturated carbocycles. The van der Waals surface area contributed by atoms with Gasteiger partial charge < -0.3 is 4.90 Å². The van der Waals surface area contributed by atoms with Crippen LogP contribution in [0.1, 0.15) is 41.2 Å². The van der Waals surface area contributed by atoms with Crippen LogP contribution in [0.25, 0.3) is 10.8 Å². The van der Waals surface area contributed by atoms with E-state index in [1.54, 1.807) is 6.20 Å². The SMILES string of the molecule is O=C(c1nccc2ccccc12)N1CCCCC(c2ccc(F)cc2)C1. The van der Waals surface area contributed by atoms with E-state index in [0.29, 0.717) is 12.2 Å². The first kappa shape index (κ1) is 16.7. The molecule has 0 radical (unpaired) electrons. The summed E-state index contributed by atoms with van der Waals surface area (Å²) >= 11 is 0. The molecule has 0 aliphatic carbocycles. The smallest absolute Gasteiger partial charge is 0.273 e. The van der Waals surface area contributed by atoms with Crippen molar-refractivity contribution in [1.29, 1.82) is 0 Å². The molecule has 1 aliphatic rings. The lowest BCUT2D eigenvalue weighted by Gasteiger charge is -2.25. The third kappa shape index (κ3) is 3.32. The number of nitrogens with zero attached hydrogens (tertiary/aromatic N) is 2. The summed E-state index contributed by atoms with van der Waals surface area (Å²) in [6.07, 6.45) is 4.76. The molecule has 3 nitrogen and oxygen atoms in total. The highest BCUT2D eigenvalue weighted by Crippen LogP contribution is 2.28. The minimum absolute atomic E-state index is 0.0178. The third-order valence-corrected chi connectivity index (χ3v) is 5.18. The molecule has 2 aromatic carbocycles. The van der Waals surface area contributed by atoms with Crippen molar-refractivity contribution in [2.24, 2.45) is 0 Å². The van der Waals surface area contributed by atoms with Crippen molar-refractivity contribution < 1.29 is 9.18 Å². The van der Waals surface area contributed by atoms with Gasteiger partial charge in [0.15, 0.2) is 0 Å². The average molecular weight is 348 g/mol. The number of halogens is 1. The molecule has 1 fully saturated rings. The van der Waals surface area contributed by atoms with Gasteiger partial charge in [-0.25, -0.2) is 4.39 Å². The molecule has 26 heavy (non-hydrogen) atoms. The van der Waals surface area contributed by atoms with Crippen LogP contribution in [0.4, 0.5) is 4.39 Å². The molecule has 3 aromatic rings. The van der Waals surface area contributed by atoms with E-state index >= 15 is 0 Å². The summed E-state index contributed by atoms with van der Waals surface area (Å²) in [5, 5.41) is 1.92. The van der Waals surface area contributed by atoms with Gasteiger partial charge in [-0.3, -0.25) is 9.78 Å². The van der Waals surface area contributed by atoms with Crippen LogP contribution >= 0.6 is 0 Å². The highest BCUT2D eigenvalue weighted by Gasteiger charge is 2.25. The second-order valence-electron chi connectivity index (χ2n) is 6.88. The van der Waals surface area contributed by atoms with Crippen molar-refractivity contribution in [2.45, 2.75) is 25.2 Å². The minimum atomic E-state index is -0.227. The number of rotatable bonds is 2. The first-order valence-electron chi connectivity index (χ1n) is 9.11. The Morgan fingerprint density at radius 2 is 1.85 bits per heavy atom. The summed E-state index contributed by atoms with van der Waals surface area (Å²) in [7, 11) is 0. The van der Waals surface area contributed by atoms with Gasteiger partial charge in [-0.2, -0.15) is 0 Å². The zero-order chi connectivity index (χ0) is 17.9. The summed E-state index contributed by atoms with van der Waals surface area (Å²) in [6, 6.07) is 16.4. The standard InChI is InChI=1S/C22H21FN2O/c23-19-10-8-16(9-11-19)18-6-3-4-14-25(15-18)22(26)21-20-7-2-1-5-17(20)12-13-24-21/h1-2,5,7-13,18H,3-4,6,14-15H2. The van der Waals surface area contributed by atoms with Crippen molar-refractivity contribution in [1.82, 2.24) is 9.88 Å². The van der Waals surface area contributed by atoms with Crippen LogP contribution in [-0.2, 0) is 0 Å². The van der Waals surface area contributed by atoms with E-state index in [4.69, 9.17) is 0 Å². The lowest BCUT2D eigenvalue weighted by atomic mass is 9.94. The maximum absolute atomic E-state index is 13.2. The molecule has 1 amide bonds. The largest absolute Gasteiger partial charge is 0.337 e. The Balaban J connectivity index is 1.63. The Kier molecular flexibility index (Phi) is 4.65. The Morgan fingerprint density at radius 1 is 1.04 bits per heavy atom. The number of amides is 1. The minimum Gasteiger partial charge on any atom is -0.337 e. The predicted octanol–water partition coefficient (Wildman–Crippen LogP) is 4.78. The van der Waals surface area contributed by atoms with Gasteiger partial charge in [-0.1, -0.05) is 42.8 Å². The number of carbonyl (C=O) groups is 1. The zero-order valence-electron chi connectivity index (χ0n) is 14.6. The van der Waals surface area contributed by atoms with Crippen molar-refractivity contribution in [2.75, 3.05) is 13.1 Å². The lowest BCUT2D eigenvalue weighted by molar-refractivity contribution is 0.0751. The number of carbonyl (C=O) groups excluding carboxylic acids is 1.